The zero-order valence-corrected chi connectivity index (χ0v) is 11.3. The topological polar surface area (TPSA) is 98.3 Å². The van der Waals surface area contributed by atoms with Crippen LogP contribution in [0.5, 0.6) is 0 Å². The van der Waals surface area contributed by atoms with Gasteiger partial charge in [0.2, 0.25) is 0 Å². The van der Waals surface area contributed by atoms with Crippen molar-refractivity contribution in [2.75, 3.05) is 18.4 Å². The molecule has 7 N–H and O–H groups in total. The molecule has 1 atom stereocenters. The number of guanidine groups is 1. The summed E-state index contributed by atoms with van der Waals surface area (Å²) in [6, 6.07) is 5.98. The molecule has 0 aromatic heterocycles. The highest BCUT2D eigenvalue weighted by molar-refractivity contribution is 9.10. The summed E-state index contributed by atoms with van der Waals surface area (Å²) in [5.74, 6) is 0.112. The van der Waals surface area contributed by atoms with E-state index in [4.69, 9.17) is 11.5 Å². The summed E-state index contributed by atoms with van der Waals surface area (Å²) in [5.41, 5.74) is 12.6. The smallest absolute Gasteiger partial charge is 0.338 e. The quantitative estimate of drug-likeness (QED) is 0.352. The summed E-state index contributed by atoms with van der Waals surface area (Å²) in [7, 11) is 0. The Hall–Kier alpha value is -1.27. The maximum absolute atomic E-state index is 9.64. The number of rotatable bonds is 5. The van der Waals surface area contributed by atoms with Crippen molar-refractivity contribution in [2.24, 2.45) is 11.5 Å². The van der Waals surface area contributed by atoms with Crippen molar-refractivity contribution in [3.63, 3.8) is 0 Å². The number of nitrogens with one attached hydrogen (secondary N) is 2. The Labute approximate surface area is 109 Å². The maximum atomic E-state index is 9.64. The minimum absolute atomic E-state index is 0.112. The van der Waals surface area contributed by atoms with Crippen molar-refractivity contribution in [2.45, 2.75) is 13.0 Å². The predicted octanol–water partition coefficient (Wildman–Crippen LogP) is -1.12. The molecule has 1 rings (SSSR count). The van der Waals surface area contributed by atoms with Gasteiger partial charge in [0.25, 0.3) is 0 Å². The van der Waals surface area contributed by atoms with Crippen LogP contribution in [-0.4, -0.2) is 30.3 Å². The fourth-order valence-corrected chi connectivity index (χ4v) is 1.93. The molecular formula is C11H18BrN4O+. The Morgan fingerprint density at radius 3 is 2.82 bits per heavy atom. The second-order valence-electron chi connectivity index (χ2n) is 3.85. The Bertz CT molecular complexity index is 404. The molecule has 0 saturated carbocycles. The molecular weight excluding hydrogens is 284 g/mol. The van der Waals surface area contributed by atoms with Gasteiger partial charge in [0, 0.05) is 16.7 Å². The fraction of sp³-hybridized carbons (Fsp3) is 0.364. The molecule has 0 saturated heterocycles. The summed E-state index contributed by atoms with van der Waals surface area (Å²) in [6.07, 6.45) is -0.565. The molecule has 94 valence electrons. The van der Waals surface area contributed by atoms with E-state index in [9.17, 15) is 5.11 Å². The second-order valence-corrected chi connectivity index (χ2v) is 4.71. The number of hydrogen-bond acceptors (Lipinski definition) is 2. The molecule has 0 spiro atoms. The lowest BCUT2D eigenvalue weighted by Gasteiger charge is -2.12. The molecule has 0 fully saturated rings. The monoisotopic (exact) mass is 301 g/mol. The van der Waals surface area contributed by atoms with Gasteiger partial charge in [0.05, 0.1) is 6.54 Å². The fourth-order valence-electron chi connectivity index (χ4n) is 1.30. The number of nitrogens with two attached hydrogens (primary N) is 2. The van der Waals surface area contributed by atoms with Crippen LogP contribution in [0.1, 0.15) is 5.56 Å². The molecule has 1 aromatic rings. The van der Waals surface area contributed by atoms with E-state index < -0.39 is 6.10 Å². The minimum atomic E-state index is -0.565. The van der Waals surface area contributed by atoms with Gasteiger partial charge in [0.15, 0.2) is 0 Å². The summed E-state index contributed by atoms with van der Waals surface area (Å²) >= 11 is 3.46. The lowest BCUT2D eigenvalue weighted by atomic mass is 10.2. The highest BCUT2D eigenvalue weighted by Gasteiger charge is 2.05. The van der Waals surface area contributed by atoms with Crippen LogP contribution in [0.2, 0.25) is 0 Å². The van der Waals surface area contributed by atoms with Gasteiger partial charge in [-0.25, -0.2) is 0 Å². The highest BCUT2D eigenvalue weighted by Crippen LogP contribution is 2.22. The number of hydrogen-bond donors (Lipinski definition) is 5. The Kier molecular flexibility index (Phi) is 5.24. The average molecular weight is 302 g/mol. The van der Waals surface area contributed by atoms with Crippen LogP contribution in [-0.2, 0) is 0 Å². The van der Waals surface area contributed by atoms with E-state index in [1.54, 1.807) is 0 Å². The van der Waals surface area contributed by atoms with Gasteiger partial charge >= 0.3 is 5.96 Å². The number of benzene rings is 1. The van der Waals surface area contributed by atoms with Crippen LogP contribution >= 0.6 is 15.9 Å². The molecule has 0 bridgehead atoms. The molecule has 1 unspecified atom stereocenters. The van der Waals surface area contributed by atoms with Gasteiger partial charge < -0.3 is 10.4 Å². The summed E-state index contributed by atoms with van der Waals surface area (Å²) in [4.78, 5) is 2.68. The molecule has 1 aromatic carbocycles. The van der Waals surface area contributed by atoms with Gasteiger partial charge in [-0.05, 0) is 40.5 Å². The van der Waals surface area contributed by atoms with Crippen LogP contribution in [0.25, 0.3) is 0 Å². The second kappa shape index (κ2) is 6.46. The molecule has 6 heteroatoms. The third-order valence-electron chi connectivity index (χ3n) is 2.19. The van der Waals surface area contributed by atoms with E-state index in [0.717, 1.165) is 10.2 Å². The highest BCUT2D eigenvalue weighted by atomic mass is 79.9. The van der Waals surface area contributed by atoms with E-state index >= 15 is 0 Å². The lowest BCUT2D eigenvalue weighted by molar-refractivity contribution is -0.470. The van der Waals surface area contributed by atoms with E-state index in [0.29, 0.717) is 13.1 Å². The first-order valence-corrected chi connectivity index (χ1v) is 6.08. The van der Waals surface area contributed by atoms with Crippen molar-refractivity contribution in [1.82, 2.24) is 0 Å². The number of anilines is 1. The van der Waals surface area contributed by atoms with Gasteiger partial charge in [-0.2, -0.15) is 0 Å². The Morgan fingerprint density at radius 1 is 1.53 bits per heavy atom. The summed E-state index contributed by atoms with van der Waals surface area (Å²) in [5, 5.41) is 12.8. The van der Waals surface area contributed by atoms with E-state index in [2.05, 4.69) is 26.2 Å². The number of aliphatic hydroxyl groups excluding tert-OH is 1. The first kappa shape index (κ1) is 13.8. The summed E-state index contributed by atoms with van der Waals surface area (Å²) in [6.45, 7) is 2.76. The third kappa shape index (κ3) is 5.06. The van der Waals surface area contributed by atoms with Crippen molar-refractivity contribution < 1.29 is 10.1 Å². The normalized spacial score (nSPS) is 11.9. The number of halogens is 1. The van der Waals surface area contributed by atoms with E-state index in [1.165, 1.54) is 5.56 Å². The molecule has 0 aliphatic rings. The SMILES string of the molecule is Cc1ccc(NCC(O)C[NH+]=C(N)N)c(Br)c1. The van der Waals surface area contributed by atoms with Gasteiger partial charge in [0.1, 0.15) is 6.10 Å². The van der Waals surface area contributed by atoms with Crippen molar-refractivity contribution >= 4 is 27.6 Å². The van der Waals surface area contributed by atoms with E-state index in [1.807, 2.05) is 25.1 Å². The standard InChI is InChI=1S/C11H17BrN4O/c1-7-2-3-10(9(12)4-7)15-5-8(17)6-16-11(13)14/h2-4,8,15,17H,5-6H2,1H3,(H4,13,14,16)/p+1. The van der Waals surface area contributed by atoms with Crippen molar-refractivity contribution in [1.29, 1.82) is 0 Å². The zero-order valence-electron chi connectivity index (χ0n) is 9.70. The van der Waals surface area contributed by atoms with Crippen LogP contribution in [0.15, 0.2) is 22.7 Å². The molecule has 5 nitrogen and oxygen atoms in total. The molecule has 0 heterocycles. The first-order valence-electron chi connectivity index (χ1n) is 5.29. The lowest BCUT2D eigenvalue weighted by Crippen LogP contribution is -2.80. The van der Waals surface area contributed by atoms with Crippen molar-refractivity contribution in [3.05, 3.63) is 28.2 Å². The molecule has 17 heavy (non-hydrogen) atoms. The zero-order chi connectivity index (χ0) is 12.8. The van der Waals surface area contributed by atoms with Crippen LogP contribution < -0.4 is 21.8 Å². The van der Waals surface area contributed by atoms with Gasteiger partial charge in [-0.15, -0.1) is 0 Å². The van der Waals surface area contributed by atoms with E-state index in [-0.39, 0.29) is 5.96 Å². The minimum Gasteiger partial charge on any atom is -0.388 e. The Morgan fingerprint density at radius 2 is 2.24 bits per heavy atom. The average Bonchev–Trinajstić information content (AvgIpc) is 2.25. The van der Waals surface area contributed by atoms with Crippen LogP contribution in [0, 0.1) is 6.92 Å². The molecule has 0 amide bonds. The molecule has 0 radical (unpaired) electrons. The van der Waals surface area contributed by atoms with Crippen molar-refractivity contribution in [3.8, 4) is 0 Å². The summed E-state index contributed by atoms with van der Waals surface area (Å²) < 4.78 is 0.975. The van der Waals surface area contributed by atoms with Gasteiger partial charge in [-0.3, -0.25) is 16.5 Å². The molecule has 0 aliphatic carbocycles. The first-order chi connectivity index (χ1) is 7.99. The van der Waals surface area contributed by atoms with Crippen LogP contribution in [0.4, 0.5) is 5.69 Å². The van der Waals surface area contributed by atoms with Crippen LogP contribution in [0.3, 0.4) is 0 Å². The number of aliphatic hydroxyl groups is 1. The Balaban J connectivity index is 2.47. The van der Waals surface area contributed by atoms with Gasteiger partial charge in [-0.1, -0.05) is 6.07 Å². The molecule has 0 aliphatic heterocycles. The number of aryl methyl sites for hydroxylation is 1. The third-order valence-corrected chi connectivity index (χ3v) is 2.85. The largest absolute Gasteiger partial charge is 0.388 e. The maximum Gasteiger partial charge on any atom is 0.338 e. The predicted molar refractivity (Wildman–Crippen MR) is 72.6 cm³/mol.